The van der Waals surface area contributed by atoms with Gasteiger partial charge in [0.05, 0.1) is 16.8 Å². The molecule has 0 aromatic heterocycles. The topological polar surface area (TPSA) is 44.8 Å². The van der Waals surface area contributed by atoms with Gasteiger partial charge < -0.3 is 0 Å². The van der Waals surface area contributed by atoms with Gasteiger partial charge in [0.15, 0.2) is 0 Å². The van der Waals surface area contributed by atoms with Crippen LogP contribution in [0.3, 0.4) is 0 Å². The van der Waals surface area contributed by atoms with E-state index in [0.717, 1.165) is 16.0 Å². The van der Waals surface area contributed by atoms with Crippen molar-refractivity contribution < 1.29 is 18.1 Å². The first-order valence-corrected chi connectivity index (χ1v) is 23.3. The highest BCUT2D eigenvalue weighted by Crippen LogP contribution is 2.63. The molecule has 0 spiro atoms. The van der Waals surface area contributed by atoms with E-state index in [1.165, 1.54) is 0 Å². The van der Waals surface area contributed by atoms with Crippen molar-refractivity contribution in [2.45, 2.75) is 96.9 Å². The minimum atomic E-state index is -4.32. The standard InChI is InChI=1S/C27H48Br6Cl3O4P/c1-22(2,16-28)13-25(19-31,7-10-34)38-41(37,39-26(20-32,8-11-35)14-23(3,4)17-29)40-27(21-33,9-12-36)15-24(5,6)18-30/h7-21H2,1-6H3. The van der Waals surface area contributed by atoms with Gasteiger partial charge in [-0.15, -0.1) is 34.8 Å². The predicted octanol–water partition coefficient (Wildman–Crippen LogP) is 12.9. The number of hydrogen-bond donors (Lipinski definition) is 0. The first-order chi connectivity index (χ1) is 18.8. The van der Waals surface area contributed by atoms with E-state index in [0.29, 0.717) is 72.2 Å². The van der Waals surface area contributed by atoms with Crippen molar-refractivity contribution >= 4 is 138 Å². The van der Waals surface area contributed by atoms with Gasteiger partial charge in [0, 0.05) is 49.6 Å². The maximum absolute atomic E-state index is 15.4. The van der Waals surface area contributed by atoms with Crippen LogP contribution in [0.2, 0.25) is 0 Å². The van der Waals surface area contributed by atoms with E-state index in [1.54, 1.807) is 0 Å². The minimum Gasteiger partial charge on any atom is -0.279 e. The van der Waals surface area contributed by atoms with Gasteiger partial charge in [-0.1, -0.05) is 137 Å². The lowest BCUT2D eigenvalue weighted by Crippen LogP contribution is -2.46. The molecule has 0 fully saturated rings. The molecule has 248 valence electrons. The molecule has 3 atom stereocenters. The number of rotatable bonds is 24. The van der Waals surface area contributed by atoms with Crippen LogP contribution in [0.4, 0.5) is 0 Å². The smallest absolute Gasteiger partial charge is 0.279 e. The maximum atomic E-state index is 15.4. The molecule has 0 rings (SSSR count). The average Bonchev–Trinajstić information content (AvgIpc) is 2.88. The SMILES string of the molecule is CC(C)(CBr)CC(CBr)(CCCl)OP(=O)(OC(CBr)(CCCl)CC(C)(C)CBr)OC(CBr)(CCCl)CC(C)(C)CBr. The fourth-order valence-electron chi connectivity index (χ4n) is 4.96. The zero-order valence-electron chi connectivity index (χ0n) is 25.1. The molecule has 4 nitrogen and oxygen atoms in total. The van der Waals surface area contributed by atoms with E-state index < -0.39 is 24.6 Å². The Hall–Kier alpha value is 3.86. The molecule has 0 aromatic carbocycles. The molecule has 0 bridgehead atoms. The summed E-state index contributed by atoms with van der Waals surface area (Å²) in [4.78, 5) is 0. The fourth-order valence-corrected chi connectivity index (χ4v) is 11.1. The van der Waals surface area contributed by atoms with Crippen LogP contribution < -0.4 is 0 Å². The lowest BCUT2D eigenvalue weighted by atomic mass is 9.81. The second kappa shape index (κ2) is 19.8. The molecule has 0 amide bonds. The highest BCUT2D eigenvalue weighted by molar-refractivity contribution is 9.10. The number of phosphoric ester groups is 1. The summed E-state index contributed by atoms with van der Waals surface area (Å²) in [5.74, 6) is 0.940. The van der Waals surface area contributed by atoms with Crippen molar-refractivity contribution in [2.75, 3.05) is 49.6 Å². The third-order valence-corrected chi connectivity index (χ3v) is 16.8. The summed E-state index contributed by atoms with van der Waals surface area (Å²) in [7, 11) is -4.32. The summed E-state index contributed by atoms with van der Waals surface area (Å²) >= 11 is 41.0. The average molecular weight is 1050 g/mol. The van der Waals surface area contributed by atoms with E-state index >= 15 is 4.57 Å². The molecule has 0 saturated carbocycles. The first-order valence-electron chi connectivity index (χ1n) is 13.6. The Kier molecular flexibility index (Phi) is 21.6. The monoisotopic (exact) mass is 1050 g/mol. The summed E-state index contributed by atoms with van der Waals surface area (Å²) in [6.07, 6.45) is 3.02. The molecule has 0 aliphatic carbocycles. The normalized spacial score (nSPS) is 19.3. The molecule has 0 radical (unpaired) electrons. The summed E-state index contributed by atoms with van der Waals surface area (Å²) in [5, 5.41) is 3.36. The molecular formula is C27H48Br6Cl3O4P. The van der Waals surface area contributed by atoms with Gasteiger partial charge in [0.1, 0.15) is 0 Å². The zero-order chi connectivity index (χ0) is 32.2. The van der Waals surface area contributed by atoms with E-state index in [4.69, 9.17) is 48.4 Å². The maximum Gasteiger partial charge on any atom is 0.476 e. The summed E-state index contributed by atoms with van der Waals surface area (Å²) in [6, 6.07) is 0. The lowest BCUT2D eigenvalue weighted by molar-refractivity contribution is -0.0754. The Morgan fingerprint density at radius 2 is 0.707 bits per heavy atom. The molecule has 0 aromatic rings. The highest BCUT2D eigenvalue weighted by Gasteiger charge is 2.53. The molecule has 41 heavy (non-hydrogen) atoms. The quantitative estimate of drug-likeness (QED) is 0.0714. The Morgan fingerprint density at radius 1 is 0.488 bits per heavy atom. The third-order valence-electron chi connectivity index (χ3n) is 6.78. The van der Waals surface area contributed by atoms with Crippen LogP contribution in [0.1, 0.15) is 80.1 Å². The van der Waals surface area contributed by atoms with Crippen LogP contribution in [0.25, 0.3) is 0 Å². The summed E-state index contributed by atoms with van der Waals surface area (Å²) < 4.78 is 35.7. The van der Waals surface area contributed by atoms with Crippen LogP contribution in [0.15, 0.2) is 0 Å². The second-order valence-corrected chi connectivity index (χ2v) is 19.4. The third kappa shape index (κ3) is 15.7. The highest BCUT2D eigenvalue weighted by atomic mass is 79.9. The van der Waals surface area contributed by atoms with Gasteiger partial charge >= 0.3 is 7.82 Å². The molecule has 3 unspecified atom stereocenters. The largest absolute Gasteiger partial charge is 0.476 e. The van der Waals surface area contributed by atoms with Gasteiger partial charge in [0.2, 0.25) is 0 Å². The van der Waals surface area contributed by atoms with Crippen molar-refractivity contribution in [1.82, 2.24) is 0 Å². The molecule has 0 N–H and O–H groups in total. The molecular weight excluding hydrogens is 1010 g/mol. The minimum absolute atomic E-state index is 0.189. The molecule has 0 aliphatic rings. The van der Waals surface area contributed by atoms with Gasteiger partial charge in [-0.2, -0.15) is 0 Å². The van der Waals surface area contributed by atoms with Crippen molar-refractivity contribution in [3.8, 4) is 0 Å². The van der Waals surface area contributed by atoms with Crippen molar-refractivity contribution in [1.29, 1.82) is 0 Å². The van der Waals surface area contributed by atoms with E-state index in [9.17, 15) is 0 Å². The van der Waals surface area contributed by atoms with Crippen molar-refractivity contribution in [3.05, 3.63) is 0 Å². The molecule has 0 saturated heterocycles. The van der Waals surface area contributed by atoms with E-state index in [2.05, 4.69) is 137 Å². The Morgan fingerprint density at radius 3 is 0.854 bits per heavy atom. The van der Waals surface area contributed by atoms with Gasteiger partial charge in [0.25, 0.3) is 0 Å². The van der Waals surface area contributed by atoms with Gasteiger partial charge in [-0.05, 0) is 54.8 Å². The molecule has 0 aliphatic heterocycles. The van der Waals surface area contributed by atoms with Gasteiger partial charge in [-0.3, -0.25) is 13.6 Å². The molecule has 14 heteroatoms. The number of alkyl halides is 9. The van der Waals surface area contributed by atoms with Crippen molar-refractivity contribution in [2.24, 2.45) is 16.2 Å². The van der Waals surface area contributed by atoms with Crippen LogP contribution in [-0.2, 0) is 18.1 Å². The fraction of sp³-hybridized carbons (Fsp3) is 1.00. The van der Waals surface area contributed by atoms with Crippen molar-refractivity contribution in [3.63, 3.8) is 0 Å². The summed E-state index contributed by atoms with van der Waals surface area (Å²) in [5.41, 5.74) is -3.35. The Bertz CT molecular complexity index is 713. The van der Waals surface area contributed by atoms with Gasteiger partial charge in [-0.25, -0.2) is 4.57 Å². The van der Waals surface area contributed by atoms with Crippen LogP contribution in [0, 0.1) is 16.2 Å². The van der Waals surface area contributed by atoms with E-state index in [1.807, 2.05) is 0 Å². The molecule has 0 heterocycles. The number of phosphoric acid groups is 1. The predicted molar refractivity (Wildman–Crippen MR) is 203 cm³/mol. The number of halogens is 9. The van der Waals surface area contributed by atoms with Crippen LogP contribution in [-0.4, -0.2) is 66.4 Å². The Labute approximate surface area is 315 Å². The second-order valence-electron chi connectivity index (χ2n) is 13.4. The van der Waals surface area contributed by atoms with Crippen LogP contribution in [0.5, 0.6) is 0 Å². The first kappa shape index (κ1) is 44.9. The van der Waals surface area contributed by atoms with Crippen LogP contribution >= 0.6 is 138 Å². The zero-order valence-corrected chi connectivity index (χ0v) is 37.8. The number of hydrogen-bond acceptors (Lipinski definition) is 4. The lowest BCUT2D eigenvalue weighted by Gasteiger charge is -2.46. The summed E-state index contributed by atoms with van der Waals surface area (Å²) in [6.45, 7) is 12.8. The Balaban J connectivity index is 7.28. The van der Waals surface area contributed by atoms with E-state index in [-0.39, 0.29) is 16.2 Å².